The van der Waals surface area contributed by atoms with Gasteiger partial charge < -0.3 is 15.1 Å². The molecule has 2 aromatic rings. The average molecular weight is 410 g/mol. The first kappa shape index (κ1) is 18.8. The van der Waals surface area contributed by atoms with Gasteiger partial charge in [-0.15, -0.1) is 11.3 Å². The Hall–Kier alpha value is -2.03. The van der Waals surface area contributed by atoms with Crippen LogP contribution in [0.5, 0.6) is 0 Å². The SMILES string of the molecule is CN(C)C(=O)Sc1ccccc1NC(=O)C1CC(c2ccc(Cl)s2)=NO1. The number of carbonyl (C=O) groups excluding carboxylic acids is 2. The Kier molecular flexibility index (Phi) is 5.85. The van der Waals surface area contributed by atoms with Crippen LogP contribution in [0, 0.1) is 0 Å². The maximum absolute atomic E-state index is 12.5. The van der Waals surface area contributed by atoms with Gasteiger partial charge in [-0.05, 0) is 36.0 Å². The summed E-state index contributed by atoms with van der Waals surface area (Å²) in [5, 5.41) is 6.70. The van der Waals surface area contributed by atoms with Crippen molar-refractivity contribution in [2.75, 3.05) is 19.4 Å². The molecular weight excluding hydrogens is 394 g/mol. The minimum atomic E-state index is -0.714. The fourth-order valence-electron chi connectivity index (χ4n) is 2.19. The second-order valence-electron chi connectivity index (χ2n) is 5.69. The molecule has 9 heteroatoms. The molecule has 0 fully saturated rings. The predicted octanol–water partition coefficient (Wildman–Crippen LogP) is 4.31. The van der Waals surface area contributed by atoms with Crippen LogP contribution in [0.25, 0.3) is 0 Å². The predicted molar refractivity (Wildman–Crippen MR) is 105 cm³/mol. The van der Waals surface area contributed by atoms with Crippen molar-refractivity contribution in [1.82, 2.24) is 4.90 Å². The van der Waals surface area contributed by atoms with Crippen molar-refractivity contribution in [2.45, 2.75) is 17.4 Å². The van der Waals surface area contributed by atoms with E-state index in [9.17, 15) is 9.59 Å². The van der Waals surface area contributed by atoms with Crippen LogP contribution < -0.4 is 5.32 Å². The van der Waals surface area contributed by atoms with Gasteiger partial charge in [-0.1, -0.05) is 28.9 Å². The first-order valence-electron chi connectivity index (χ1n) is 7.71. The maximum atomic E-state index is 12.5. The Labute approximate surface area is 164 Å². The summed E-state index contributed by atoms with van der Waals surface area (Å²) in [6.45, 7) is 0. The van der Waals surface area contributed by atoms with Crippen molar-refractivity contribution < 1.29 is 14.4 Å². The van der Waals surface area contributed by atoms with Gasteiger partial charge in [0.25, 0.3) is 11.1 Å². The fourth-order valence-corrected chi connectivity index (χ4v) is 3.97. The van der Waals surface area contributed by atoms with Crippen molar-refractivity contribution in [2.24, 2.45) is 5.16 Å². The van der Waals surface area contributed by atoms with Crippen LogP contribution in [0.4, 0.5) is 10.5 Å². The molecule has 136 valence electrons. The van der Waals surface area contributed by atoms with E-state index in [-0.39, 0.29) is 11.1 Å². The van der Waals surface area contributed by atoms with E-state index >= 15 is 0 Å². The van der Waals surface area contributed by atoms with Gasteiger partial charge in [-0.3, -0.25) is 9.59 Å². The highest BCUT2D eigenvalue weighted by molar-refractivity contribution is 8.13. The number of thioether (sulfide) groups is 1. The lowest BCUT2D eigenvalue weighted by molar-refractivity contribution is -0.125. The zero-order chi connectivity index (χ0) is 18.7. The molecule has 1 aliphatic rings. The summed E-state index contributed by atoms with van der Waals surface area (Å²) in [6, 6.07) is 10.8. The van der Waals surface area contributed by atoms with E-state index in [1.54, 1.807) is 38.4 Å². The topological polar surface area (TPSA) is 71.0 Å². The lowest BCUT2D eigenvalue weighted by Gasteiger charge is -2.14. The minimum Gasteiger partial charge on any atom is -0.382 e. The van der Waals surface area contributed by atoms with Crippen LogP contribution in [-0.4, -0.2) is 42.0 Å². The highest BCUT2D eigenvalue weighted by atomic mass is 35.5. The molecule has 2 amide bonds. The second-order valence-corrected chi connectivity index (χ2v) is 8.40. The van der Waals surface area contributed by atoms with Gasteiger partial charge in [0.1, 0.15) is 5.71 Å². The number of anilines is 1. The van der Waals surface area contributed by atoms with E-state index in [0.717, 1.165) is 16.6 Å². The number of hydrogen-bond donors (Lipinski definition) is 1. The summed E-state index contributed by atoms with van der Waals surface area (Å²) in [6.07, 6.45) is -0.345. The fraction of sp³-hybridized carbons (Fsp3) is 0.235. The first-order valence-corrected chi connectivity index (χ1v) is 9.72. The van der Waals surface area contributed by atoms with Gasteiger partial charge in [-0.25, -0.2) is 0 Å². The molecular formula is C17H16ClN3O3S2. The molecule has 1 atom stereocenters. The van der Waals surface area contributed by atoms with Crippen molar-refractivity contribution in [3.63, 3.8) is 0 Å². The molecule has 1 N–H and O–H groups in total. The second kappa shape index (κ2) is 8.11. The molecule has 3 rings (SSSR count). The lowest BCUT2D eigenvalue weighted by atomic mass is 10.1. The summed E-state index contributed by atoms with van der Waals surface area (Å²) >= 11 is 8.38. The van der Waals surface area contributed by atoms with Gasteiger partial charge >= 0.3 is 0 Å². The molecule has 1 aromatic carbocycles. The molecule has 0 radical (unpaired) electrons. The third-order valence-electron chi connectivity index (χ3n) is 3.53. The monoisotopic (exact) mass is 409 g/mol. The summed E-state index contributed by atoms with van der Waals surface area (Å²) in [7, 11) is 3.36. The Bertz CT molecular complexity index is 866. The molecule has 26 heavy (non-hydrogen) atoms. The average Bonchev–Trinajstić information content (AvgIpc) is 3.25. The highest BCUT2D eigenvalue weighted by Crippen LogP contribution is 2.30. The van der Waals surface area contributed by atoms with E-state index in [1.165, 1.54) is 16.2 Å². The molecule has 1 unspecified atom stereocenters. The number of carbonyl (C=O) groups is 2. The van der Waals surface area contributed by atoms with Gasteiger partial charge in [0.2, 0.25) is 6.10 Å². The first-order chi connectivity index (χ1) is 12.4. The number of benzene rings is 1. The standard InChI is InChI=1S/C17H16ClN3O3S2/c1-21(2)17(23)26-13-6-4-3-5-10(13)19-16(22)12-9-11(20-24-12)14-7-8-15(18)25-14/h3-8,12H,9H2,1-2H3,(H,19,22). The van der Waals surface area contributed by atoms with Crippen LogP contribution in [0.2, 0.25) is 4.34 Å². The van der Waals surface area contributed by atoms with E-state index in [0.29, 0.717) is 27.1 Å². The van der Waals surface area contributed by atoms with Crippen LogP contribution in [0.3, 0.4) is 0 Å². The number of oxime groups is 1. The number of halogens is 1. The Morgan fingerprint density at radius 3 is 2.77 bits per heavy atom. The van der Waals surface area contributed by atoms with Gasteiger partial charge in [0.05, 0.1) is 14.9 Å². The molecule has 0 spiro atoms. The zero-order valence-electron chi connectivity index (χ0n) is 14.1. The molecule has 1 aromatic heterocycles. The molecule has 0 bridgehead atoms. The van der Waals surface area contributed by atoms with Crippen molar-refractivity contribution >= 4 is 57.2 Å². The Balaban J connectivity index is 1.65. The van der Waals surface area contributed by atoms with Crippen LogP contribution >= 0.6 is 34.7 Å². The van der Waals surface area contributed by atoms with E-state index in [1.807, 2.05) is 12.1 Å². The largest absolute Gasteiger partial charge is 0.382 e. The third-order valence-corrected chi connectivity index (χ3v) is 5.92. The Morgan fingerprint density at radius 2 is 2.08 bits per heavy atom. The number of nitrogens with one attached hydrogen (secondary N) is 1. The number of thiophene rings is 1. The van der Waals surface area contributed by atoms with Gasteiger partial charge in [-0.2, -0.15) is 0 Å². The molecule has 0 saturated heterocycles. The highest BCUT2D eigenvalue weighted by Gasteiger charge is 2.30. The molecule has 0 saturated carbocycles. The molecule has 1 aliphatic heterocycles. The van der Waals surface area contributed by atoms with Crippen LogP contribution in [0.15, 0.2) is 46.4 Å². The number of hydrogen-bond acceptors (Lipinski definition) is 6. The number of rotatable bonds is 4. The van der Waals surface area contributed by atoms with E-state index in [4.69, 9.17) is 16.4 Å². The third kappa shape index (κ3) is 4.38. The van der Waals surface area contributed by atoms with E-state index in [2.05, 4.69) is 10.5 Å². The quantitative estimate of drug-likeness (QED) is 0.764. The van der Waals surface area contributed by atoms with Crippen LogP contribution in [0.1, 0.15) is 11.3 Å². The zero-order valence-corrected chi connectivity index (χ0v) is 16.5. The number of para-hydroxylation sites is 1. The molecule has 0 aliphatic carbocycles. The summed E-state index contributed by atoms with van der Waals surface area (Å²) in [5.41, 5.74) is 1.27. The van der Waals surface area contributed by atoms with E-state index < -0.39 is 6.10 Å². The minimum absolute atomic E-state index is 0.121. The van der Waals surface area contributed by atoms with Crippen molar-refractivity contribution in [3.8, 4) is 0 Å². The van der Waals surface area contributed by atoms with Crippen LogP contribution in [-0.2, 0) is 9.63 Å². The van der Waals surface area contributed by atoms with Gasteiger partial charge in [0, 0.05) is 25.4 Å². The molecule has 6 nitrogen and oxygen atoms in total. The summed E-state index contributed by atoms with van der Waals surface area (Å²) in [4.78, 5) is 32.8. The summed E-state index contributed by atoms with van der Waals surface area (Å²) < 4.78 is 0.659. The van der Waals surface area contributed by atoms with Crippen molar-refractivity contribution in [1.29, 1.82) is 0 Å². The number of nitrogens with zero attached hydrogens (tertiary/aromatic N) is 2. The van der Waals surface area contributed by atoms with Gasteiger partial charge in [0.15, 0.2) is 0 Å². The summed E-state index contributed by atoms with van der Waals surface area (Å²) in [5.74, 6) is -0.309. The maximum Gasteiger partial charge on any atom is 0.286 e. The Morgan fingerprint density at radius 1 is 1.31 bits per heavy atom. The smallest absolute Gasteiger partial charge is 0.286 e. The molecule has 2 heterocycles. The number of amides is 2. The lowest BCUT2D eigenvalue weighted by Crippen LogP contribution is -2.28. The van der Waals surface area contributed by atoms with Crippen molar-refractivity contribution in [3.05, 3.63) is 45.6 Å². The normalized spacial score (nSPS) is 16.0.